The smallest absolute Gasteiger partial charge is 0.138 e. The molecule has 19 heavy (non-hydrogen) atoms. The van der Waals surface area contributed by atoms with Gasteiger partial charge in [-0.1, -0.05) is 25.1 Å². The van der Waals surface area contributed by atoms with Crippen molar-refractivity contribution in [1.82, 2.24) is 4.90 Å². The van der Waals surface area contributed by atoms with E-state index in [4.69, 9.17) is 4.74 Å². The highest BCUT2D eigenvalue weighted by atomic mass is 16.5. The number of carbonyl (C=O) groups excluding carboxylic acids is 1. The lowest BCUT2D eigenvalue weighted by atomic mass is 9.90. The Morgan fingerprint density at radius 1 is 1.32 bits per heavy atom. The number of piperidine rings is 1. The van der Waals surface area contributed by atoms with Crippen LogP contribution in [0.25, 0.3) is 0 Å². The zero-order valence-corrected chi connectivity index (χ0v) is 12.1. The molecule has 1 aromatic rings. The van der Waals surface area contributed by atoms with Crippen LogP contribution < -0.4 is 4.74 Å². The number of carbonyl (C=O) groups is 1. The molecule has 1 saturated heterocycles. The molecule has 104 valence electrons. The third kappa shape index (κ3) is 3.16. The van der Waals surface area contributed by atoms with Gasteiger partial charge in [-0.2, -0.15) is 0 Å². The van der Waals surface area contributed by atoms with E-state index in [1.807, 2.05) is 25.1 Å². The van der Waals surface area contributed by atoms with Gasteiger partial charge in [0.05, 0.1) is 7.11 Å². The molecule has 0 bridgehead atoms. The summed E-state index contributed by atoms with van der Waals surface area (Å²) in [5, 5.41) is 0. The van der Waals surface area contributed by atoms with Crippen molar-refractivity contribution in [2.24, 2.45) is 5.92 Å². The Hall–Kier alpha value is -1.35. The summed E-state index contributed by atoms with van der Waals surface area (Å²) in [6.07, 6.45) is 1.66. The average molecular weight is 261 g/mol. The Bertz CT molecular complexity index is 444. The molecule has 1 aromatic carbocycles. The van der Waals surface area contributed by atoms with Gasteiger partial charge in [-0.15, -0.1) is 0 Å². The standard InChI is InChI=1S/C16H23NO2/c1-12-13(2)17(11-9-15(12)18)10-8-14-6-4-5-7-16(14)19-3/h4-7,12-13H,8-11H2,1-3H3. The molecule has 3 heteroatoms. The number of nitrogens with zero attached hydrogens (tertiary/aromatic N) is 1. The summed E-state index contributed by atoms with van der Waals surface area (Å²) < 4.78 is 5.38. The third-order valence-electron chi connectivity index (χ3n) is 4.31. The van der Waals surface area contributed by atoms with Gasteiger partial charge in [-0.3, -0.25) is 9.69 Å². The molecular formula is C16H23NO2. The number of rotatable bonds is 4. The number of benzene rings is 1. The van der Waals surface area contributed by atoms with Crippen LogP contribution in [-0.4, -0.2) is 36.9 Å². The molecule has 1 fully saturated rings. The predicted molar refractivity (Wildman–Crippen MR) is 76.5 cm³/mol. The van der Waals surface area contributed by atoms with Crippen molar-refractivity contribution in [2.45, 2.75) is 32.7 Å². The Kier molecular flexibility index (Phi) is 4.59. The van der Waals surface area contributed by atoms with Crippen LogP contribution >= 0.6 is 0 Å². The van der Waals surface area contributed by atoms with Gasteiger partial charge in [0.2, 0.25) is 0 Å². The summed E-state index contributed by atoms with van der Waals surface area (Å²) in [4.78, 5) is 14.1. The number of likely N-dealkylation sites (tertiary alicyclic amines) is 1. The average Bonchev–Trinajstić information content (AvgIpc) is 2.44. The maximum atomic E-state index is 11.7. The lowest BCUT2D eigenvalue weighted by Gasteiger charge is -2.37. The lowest BCUT2D eigenvalue weighted by molar-refractivity contribution is -0.127. The van der Waals surface area contributed by atoms with Crippen molar-refractivity contribution in [2.75, 3.05) is 20.2 Å². The highest BCUT2D eigenvalue weighted by molar-refractivity contribution is 5.82. The Labute approximate surface area is 115 Å². The first-order valence-electron chi connectivity index (χ1n) is 7.02. The van der Waals surface area contributed by atoms with Gasteiger partial charge in [-0.25, -0.2) is 0 Å². The van der Waals surface area contributed by atoms with Crippen LogP contribution in [0.15, 0.2) is 24.3 Å². The van der Waals surface area contributed by atoms with Crippen molar-refractivity contribution >= 4 is 5.78 Å². The molecule has 0 spiro atoms. The molecule has 1 aliphatic rings. The molecule has 2 atom stereocenters. The van der Waals surface area contributed by atoms with Crippen LogP contribution in [0.5, 0.6) is 5.75 Å². The van der Waals surface area contributed by atoms with E-state index >= 15 is 0 Å². The van der Waals surface area contributed by atoms with Gasteiger partial charge in [0.15, 0.2) is 0 Å². The van der Waals surface area contributed by atoms with Gasteiger partial charge in [0.1, 0.15) is 11.5 Å². The van der Waals surface area contributed by atoms with Gasteiger partial charge in [0.25, 0.3) is 0 Å². The Balaban J connectivity index is 1.97. The van der Waals surface area contributed by atoms with E-state index in [1.54, 1.807) is 7.11 Å². The summed E-state index contributed by atoms with van der Waals surface area (Å²) in [6, 6.07) is 8.50. The fourth-order valence-corrected chi connectivity index (χ4v) is 2.76. The van der Waals surface area contributed by atoms with E-state index in [0.29, 0.717) is 18.2 Å². The molecule has 0 aromatic heterocycles. The van der Waals surface area contributed by atoms with E-state index in [0.717, 1.165) is 25.3 Å². The van der Waals surface area contributed by atoms with Crippen LogP contribution in [0.3, 0.4) is 0 Å². The number of hydrogen-bond acceptors (Lipinski definition) is 3. The molecule has 3 nitrogen and oxygen atoms in total. The summed E-state index contributed by atoms with van der Waals surface area (Å²) in [7, 11) is 1.71. The summed E-state index contributed by atoms with van der Waals surface area (Å²) in [5.74, 6) is 1.52. The second-order valence-corrected chi connectivity index (χ2v) is 5.34. The maximum absolute atomic E-state index is 11.7. The molecule has 0 N–H and O–H groups in total. The molecule has 0 saturated carbocycles. The fraction of sp³-hybridized carbons (Fsp3) is 0.562. The van der Waals surface area contributed by atoms with Crippen LogP contribution in [-0.2, 0) is 11.2 Å². The highest BCUT2D eigenvalue weighted by Crippen LogP contribution is 2.22. The first-order valence-corrected chi connectivity index (χ1v) is 7.02. The zero-order valence-electron chi connectivity index (χ0n) is 12.1. The van der Waals surface area contributed by atoms with Crippen molar-refractivity contribution in [3.05, 3.63) is 29.8 Å². The molecule has 0 aliphatic carbocycles. The molecule has 0 amide bonds. The van der Waals surface area contributed by atoms with Crippen LogP contribution in [0.4, 0.5) is 0 Å². The second-order valence-electron chi connectivity index (χ2n) is 5.34. The Morgan fingerprint density at radius 2 is 2.05 bits per heavy atom. The minimum absolute atomic E-state index is 0.159. The van der Waals surface area contributed by atoms with E-state index in [-0.39, 0.29) is 5.92 Å². The van der Waals surface area contributed by atoms with E-state index in [9.17, 15) is 4.79 Å². The lowest BCUT2D eigenvalue weighted by Crippen LogP contribution is -2.47. The minimum atomic E-state index is 0.159. The van der Waals surface area contributed by atoms with Crippen molar-refractivity contribution < 1.29 is 9.53 Å². The van der Waals surface area contributed by atoms with Gasteiger partial charge >= 0.3 is 0 Å². The predicted octanol–water partition coefficient (Wildman–Crippen LogP) is 2.54. The normalized spacial score (nSPS) is 24.5. The van der Waals surface area contributed by atoms with E-state index in [1.165, 1.54) is 5.56 Å². The van der Waals surface area contributed by atoms with Crippen LogP contribution in [0.2, 0.25) is 0 Å². The molecular weight excluding hydrogens is 238 g/mol. The summed E-state index contributed by atoms with van der Waals surface area (Å²) >= 11 is 0. The fourth-order valence-electron chi connectivity index (χ4n) is 2.76. The van der Waals surface area contributed by atoms with Gasteiger partial charge < -0.3 is 4.74 Å². The second kappa shape index (κ2) is 6.20. The quantitative estimate of drug-likeness (QED) is 0.834. The van der Waals surface area contributed by atoms with Gasteiger partial charge in [0, 0.05) is 31.5 Å². The van der Waals surface area contributed by atoms with Gasteiger partial charge in [-0.05, 0) is 25.0 Å². The first-order chi connectivity index (χ1) is 9.13. The van der Waals surface area contributed by atoms with Crippen LogP contribution in [0.1, 0.15) is 25.8 Å². The van der Waals surface area contributed by atoms with E-state index in [2.05, 4.69) is 17.9 Å². The molecule has 0 radical (unpaired) electrons. The molecule has 1 heterocycles. The number of methoxy groups -OCH3 is 1. The molecule has 2 unspecified atom stereocenters. The number of hydrogen-bond donors (Lipinski definition) is 0. The van der Waals surface area contributed by atoms with E-state index < -0.39 is 0 Å². The minimum Gasteiger partial charge on any atom is -0.496 e. The van der Waals surface area contributed by atoms with Crippen LogP contribution in [0, 0.1) is 5.92 Å². The third-order valence-corrected chi connectivity index (χ3v) is 4.31. The number of para-hydroxylation sites is 1. The number of ether oxygens (including phenoxy) is 1. The largest absolute Gasteiger partial charge is 0.496 e. The zero-order chi connectivity index (χ0) is 13.8. The SMILES string of the molecule is COc1ccccc1CCN1CCC(=O)C(C)C1C. The highest BCUT2D eigenvalue weighted by Gasteiger charge is 2.30. The topological polar surface area (TPSA) is 29.5 Å². The Morgan fingerprint density at radius 3 is 2.79 bits per heavy atom. The number of ketones is 1. The summed E-state index contributed by atoms with van der Waals surface area (Å²) in [6.45, 7) is 6.07. The van der Waals surface area contributed by atoms with Crippen molar-refractivity contribution in [3.8, 4) is 5.75 Å². The first kappa shape index (κ1) is 14.1. The van der Waals surface area contributed by atoms with Crippen molar-refractivity contribution in [1.29, 1.82) is 0 Å². The maximum Gasteiger partial charge on any atom is 0.138 e. The number of Topliss-reactive ketones (excluding diaryl/α,β-unsaturated/α-hetero) is 1. The van der Waals surface area contributed by atoms with Crippen molar-refractivity contribution in [3.63, 3.8) is 0 Å². The summed E-state index contributed by atoms with van der Waals surface area (Å²) in [5.41, 5.74) is 1.24. The molecule has 1 aliphatic heterocycles. The monoisotopic (exact) mass is 261 g/mol. The molecule has 2 rings (SSSR count).